The van der Waals surface area contributed by atoms with Crippen molar-refractivity contribution in [2.75, 3.05) is 45.8 Å². The number of nitrogens with one attached hydrogen (secondary N) is 2. The van der Waals surface area contributed by atoms with Crippen molar-refractivity contribution in [2.24, 2.45) is 16.8 Å². The van der Waals surface area contributed by atoms with Gasteiger partial charge in [0.05, 0.1) is 0 Å². The molecule has 0 aromatic heterocycles. The molecular formula is C20H39N5O. The van der Waals surface area contributed by atoms with Gasteiger partial charge < -0.3 is 20.4 Å². The van der Waals surface area contributed by atoms with E-state index in [9.17, 15) is 4.79 Å². The fraction of sp³-hybridized carbons (Fsp3) is 0.900. The van der Waals surface area contributed by atoms with Gasteiger partial charge in [0.15, 0.2) is 5.96 Å². The molecule has 2 saturated heterocycles. The van der Waals surface area contributed by atoms with Gasteiger partial charge in [0, 0.05) is 51.7 Å². The molecule has 0 bridgehead atoms. The van der Waals surface area contributed by atoms with Gasteiger partial charge in [-0.3, -0.25) is 9.79 Å². The average molecular weight is 366 g/mol. The molecule has 6 nitrogen and oxygen atoms in total. The maximum Gasteiger partial charge on any atom is 0.222 e. The number of hydrogen-bond donors (Lipinski definition) is 2. The first-order chi connectivity index (χ1) is 12.5. The van der Waals surface area contributed by atoms with Crippen molar-refractivity contribution in [1.29, 1.82) is 0 Å². The summed E-state index contributed by atoms with van der Waals surface area (Å²) in [7, 11) is 0. The van der Waals surface area contributed by atoms with Crippen LogP contribution in [-0.4, -0.2) is 73.5 Å². The highest BCUT2D eigenvalue weighted by Gasteiger charge is 2.26. The van der Waals surface area contributed by atoms with E-state index < -0.39 is 0 Å². The van der Waals surface area contributed by atoms with Crippen LogP contribution in [0.5, 0.6) is 0 Å². The number of hydrogen-bond acceptors (Lipinski definition) is 3. The summed E-state index contributed by atoms with van der Waals surface area (Å²) in [5.74, 6) is 2.54. The fourth-order valence-electron chi connectivity index (χ4n) is 4.04. The summed E-state index contributed by atoms with van der Waals surface area (Å²) in [6, 6.07) is 0.312. The number of nitrogens with zero attached hydrogens (tertiary/aromatic N) is 3. The lowest BCUT2D eigenvalue weighted by Crippen LogP contribution is -2.45. The third-order valence-electron chi connectivity index (χ3n) is 5.26. The normalized spacial score (nSPS) is 25.0. The average Bonchev–Trinajstić information content (AvgIpc) is 3.07. The Hall–Kier alpha value is -1.30. The van der Waals surface area contributed by atoms with E-state index in [1.54, 1.807) is 0 Å². The second-order valence-electron chi connectivity index (χ2n) is 8.20. The molecule has 2 aliphatic heterocycles. The number of piperidine rings is 1. The van der Waals surface area contributed by atoms with Crippen molar-refractivity contribution in [2.45, 2.75) is 59.4 Å². The minimum atomic E-state index is 0.253. The summed E-state index contributed by atoms with van der Waals surface area (Å²) in [4.78, 5) is 21.3. The summed E-state index contributed by atoms with van der Waals surface area (Å²) in [5.41, 5.74) is 0. The number of likely N-dealkylation sites (tertiary alicyclic amines) is 2. The Balaban J connectivity index is 1.83. The summed E-state index contributed by atoms with van der Waals surface area (Å²) < 4.78 is 0. The molecular weight excluding hydrogens is 326 g/mol. The highest BCUT2D eigenvalue weighted by molar-refractivity contribution is 5.80. The molecule has 0 aromatic rings. The van der Waals surface area contributed by atoms with E-state index >= 15 is 0 Å². The minimum absolute atomic E-state index is 0.253. The molecule has 26 heavy (non-hydrogen) atoms. The second kappa shape index (κ2) is 10.8. The smallest absolute Gasteiger partial charge is 0.222 e. The zero-order valence-corrected chi connectivity index (χ0v) is 17.3. The summed E-state index contributed by atoms with van der Waals surface area (Å²) in [6.07, 6.45) is 4.16. The molecule has 0 aliphatic carbocycles. The molecule has 2 heterocycles. The lowest BCUT2D eigenvalue weighted by Gasteiger charge is -2.33. The Labute approximate surface area is 159 Å². The van der Waals surface area contributed by atoms with Gasteiger partial charge in [-0.2, -0.15) is 0 Å². The van der Waals surface area contributed by atoms with Crippen LogP contribution < -0.4 is 10.6 Å². The van der Waals surface area contributed by atoms with E-state index in [4.69, 9.17) is 4.99 Å². The first-order valence-corrected chi connectivity index (χ1v) is 10.6. The van der Waals surface area contributed by atoms with Crippen molar-refractivity contribution in [3.63, 3.8) is 0 Å². The van der Waals surface area contributed by atoms with Crippen LogP contribution >= 0.6 is 0 Å². The van der Waals surface area contributed by atoms with Crippen LogP contribution in [0.25, 0.3) is 0 Å². The van der Waals surface area contributed by atoms with Crippen molar-refractivity contribution in [3.05, 3.63) is 0 Å². The molecule has 2 aliphatic rings. The van der Waals surface area contributed by atoms with Crippen LogP contribution in [-0.2, 0) is 4.79 Å². The van der Waals surface area contributed by atoms with E-state index in [1.165, 1.54) is 32.5 Å². The van der Waals surface area contributed by atoms with Gasteiger partial charge in [0.25, 0.3) is 0 Å². The highest BCUT2D eigenvalue weighted by atomic mass is 16.2. The summed E-state index contributed by atoms with van der Waals surface area (Å²) in [6.45, 7) is 15.6. The van der Waals surface area contributed by atoms with E-state index in [2.05, 4.69) is 36.3 Å². The molecule has 0 radical (unpaired) electrons. The number of rotatable bonds is 7. The Morgan fingerprint density at radius 1 is 1.19 bits per heavy atom. The molecule has 1 amide bonds. The number of amides is 1. The largest absolute Gasteiger partial charge is 0.357 e. The van der Waals surface area contributed by atoms with Gasteiger partial charge in [0.1, 0.15) is 0 Å². The SMILES string of the molecule is CCNC(=NCC1CCCN(CC(C)C)C1)NC1CCN(C(=O)CC)C1. The van der Waals surface area contributed by atoms with Crippen molar-refractivity contribution >= 4 is 11.9 Å². The first kappa shape index (κ1) is 21.0. The standard InChI is InChI=1S/C20H39N5O/c1-5-19(26)25-11-9-18(15-25)23-20(21-6-2)22-12-17-8-7-10-24(14-17)13-16(3)4/h16-18H,5-15H2,1-4H3,(H2,21,22,23). The molecule has 0 spiro atoms. The van der Waals surface area contributed by atoms with Crippen LogP contribution in [0.2, 0.25) is 0 Å². The van der Waals surface area contributed by atoms with Gasteiger partial charge in [-0.05, 0) is 44.6 Å². The van der Waals surface area contributed by atoms with Crippen LogP contribution in [0.3, 0.4) is 0 Å². The Morgan fingerprint density at radius 2 is 2.00 bits per heavy atom. The lowest BCUT2D eigenvalue weighted by molar-refractivity contribution is -0.129. The molecule has 2 rings (SSSR count). The summed E-state index contributed by atoms with van der Waals surface area (Å²) in [5, 5.41) is 6.91. The number of carbonyl (C=O) groups excluding carboxylic acids is 1. The summed E-state index contributed by atoms with van der Waals surface area (Å²) >= 11 is 0. The van der Waals surface area contributed by atoms with Crippen LogP contribution in [0, 0.1) is 11.8 Å². The molecule has 2 unspecified atom stereocenters. The third-order valence-corrected chi connectivity index (χ3v) is 5.26. The Kier molecular flexibility index (Phi) is 8.69. The topological polar surface area (TPSA) is 60.0 Å². The monoisotopic (exact) mass is 365 g/mol. The Bertz CT molecular complexity index is 465. The number of aliphatic imine (C=N–C) groups is 1. The zero-order valence-electron chi connectivity index (χ0n) is 17.3. The van der Waals surface area contributed by atoms with Crippen molar-refractivity contribution in [1.82, 2.24) is 20.4 Å². The van der Waals surface area contributed by atoms with Crippen molar-refractivity contribution in [3.8, 4) is 0 Å². The molecule has 0 saturated carbocycles. The Morgan fingerprint density at radius 3 is 2.69 bits per heavy atom. The molecule has 2 fully saturated rings. The van der Waals surface area contributed by atoms with Gasteiger partial charge in [-0.25, -0.2) is 0 Å². The molecule has 2 atom stereocenters. The predicted octanol–water partition coefficient (Wildman–Crippen LogP) is 1.92. The molecule has 2 N–H and O–H groups in total. The maximum atomic E-state index is 11.9. The first-order valence-electron chi connectivity index (χ1n) is 10.6. The minimum Gasteiger partial charge on any atom is -0.357 e. The third kappa shape index (κ3) is 6.78. The molecule has 150 valence electrons. The van der Waals surface area contributed by atoms with Gasteiger partial charge >= 0.3 is 0 Å². The van der Waals surface area contributed by atoms with Crippen LogP contribution in [0.4, 0.5) is 0 Å². The van der Waals surface area contributed by atoms with Gasteiger partial charge in [0.2, 0.25) is 5.91 Å². The second-order valence-corrected chi connectivity index (χ2v) is 8.20. The van der Waals surface area contributed by atoms with Crippen LogP contribution in [0.15, 0.2) is 4.99 Å². The van der Waals surface area contributed by atoms with Crippen molar-refractivity contribution < 1.29 is 4.79 Å². The predicted molar refractivity (Wildman–Crippen MR) is 108 cm³/mol. The highest BCUT2D eigenvalue weighted by Crippen LogP contribution is 2.18. The van der Waals surface area contributed by atoms with Gasteiger partial charge in [-0.1, -0.05) is 20.8 Å². The number of guanidine groups is 1. The fourth-order valence-corrected chi connectivity index (χ4v) is 4.04. The van der Waals surface area contributed by atoms with E-state index in [-0.39, 0.29) is 5.91 Å². The lowest BCUT2D eigenvalue weighted by atomic mass is 9.97. The molecule has 6 heteroatoms. The van der Waals surface area contributed by atoms with E-state index in [0.717, 1.165) is 44.5 Å². The van der Waals surface area contributed by atoms with E-state index in [1.807, 2.05) is 11.8 Å². The zero-order chi connectivity index (χ0) is 18.9. The number of carbonyl (C=O) groups is 1. The van der Waals surface area contributed by atoms with Gasteiger partial charge in [-0.15, -0.1) is 0 Å². The van der Waals surface area contributed by atoms with E-state index in [0.29, 0.717) is 18.4 Å². The quantitative estimate of drug-likeness (QED) is 0.535. The maximum absolute atomic E-state index is 11.9. The molecule has 0 aromatic carbocycles. The van der Waals surface area contributed by atoms with Crippen LogP contribution in [0.1, 0.15) is 53.4 Å².